The van der Waals surface area contributed by atoms with Crippen LogP contribution in [-0.4, -0.2) is 44.7 Å². The Labute approximate surface area is 113 Å². The van der Waals surface area contributed by atoms with Gasteiger partial charge in [0.25, 0.3) is 0 Å². The van der Waals surface area contributed by atoms with Crippen LogP contribution in [0.5, 0.6) is 5.75 Å². The maximum absolute atomic E-state index is 12.0. The van der Waals surface area contributed by atoms with E-state index in [1.54, 1.807) is 14.2 Å². The third-order valence-electron chi connectivity index (χ3n) is 3.25. The minimum Gasteiger partial charge on any atom is -0.497 e. The summed E-state index contributed by atoms with van der Waals surface area (Å²) in [6.45, 7) is 2.41. The second-order valence-electron chi connectivity index (χ2n) is 4.51. The van der Waals surface area contributed by atoms with Crippen molar-refractivity contribution in [2.24, 2.45) is 0 Å². The van der Waals surface area contributed by atoms with Crippen LogP contribution in [0.1, 0.15) is 12.0 Å². The molecule has 0 atom stereocenters. The number of benzene rings is 1. The van der Waals surface area contributed by atoms with E-state index in [0.29, 0.717) is 32.7 Å². The van der Waals surface area contributed by atoms with Crippen molar-refractivity contribution in [3.05, 3.63) is 23.8 Å². The number of hydrogen-bond donors (Lipinski definition) is 1. The molecule has 0 fully saturated rings. The van der Waals surface area contributed by atoms with Gasteiger partial charge in [-0.15, -0.1) is 0 Å². The zero-order chi connectivity index (χ0) is 13.7. The number of ether oxygens (including phenoxy) is 2. The van der Waals surface area contributed by atoms with E-state index in [2.05, 4.69) is 5.32 Å². The molecule has 0 saturated heterocycles. The molecule has 1 heterocycles. The molecule has 1 aliphatic heterocycles. The summed E-state index contributed by atoms with van der Waals surface area (Å²) in [5, 5.41) is 3.29. The molecule has 0 radical (unpaired) electrons. The molecule has 0 aliphatic carbocycles. The molecule has 1 aromatic rings. The molecule has 0 aromatic heterocycles. The minimum atomic E-state index is 0.151. The molecule has 5 heteroatoms. The minimum absolute atomic E-state index is 0.151. The van der Waals surface area contributed by atoms with Crippen molar-refractivity contribution in [2.45, 2.75) is 13.0 Å². The Morgan fingerprint density at radius 3 is 2.95 bits per heavy atom. The van der Waals surface area contributed by atoms with Crippen LogP contribution in [0.25, 0.3) is 0 Å². The van der Waals surface area contributed by atoms with Gasteiger partial charge in [-0.2, -0.15) is 0 Å². The average molecular weight is 264 g/mol. The highest BCUT2D eigenvalue weighted by molar-refractivity contribution is 5.77. The number of hydrogen-bond acceptors (Lipinski definition) is 4. The van der Waals surface area contributed by atoms with Crippen molar-refractivity contribution in [2.75, 3.05) is 39.2 Å². The van der Waals surface area contributed by atoms with E-state index in [4.69, 9.17) is 9.47 Å². The molecular formula is C14H20N2O3. The molecule has 2 rings (SSSR count). The van der Waals surface area contributed by atoms with Crippen LogP contribution in [0, 0.1) is 0 Å². The van der Waals surface area contributed by atoms with Gasteiger partial charge in [-0.25, -0.2) is 0 Å². The van der Waals surface area contributed by atoms with Crippen LogP contribution in [0.3, 0.4) is 0 Å². The Balaban J connectivity index is 2.22. The Morgan fingerprint density at radius 2 is 2.21 bits per heavy atom. The molecule has 0 bridgehead atoms. The van der Waals surface area contributed by atoms with Crippen molar-refractivity contribution in [3.63, 3.8) is 0 Å². The molecule has 0 unspecified atom stereocenters. The van der Waals surface area contributed by atoms with Crippen LogP contribution in [0.4, 0.5) is 5.69 Å². The number of fused-ring (bicyclic) bond motifs is 1. The van der Waals surface area contributed by atoms with Gasteiger partial charge in [0.05, 0.1) is 13.7 Å². The molecule has 0 spiro atoms. The number of anilines is 1. The predicted octanol–water partition coefficient (Wildman–Crippen LogP) is 1.49. The number of rotatable bonds is 4. The first-order valence-corrected chi connectivity index (χ1v) is 6.42. The molecule has 1 aromatic carbocycles. The van der Waals surface area contributed by atoms with E-state index in [1.807, 2.05) is 23.1 Å². The molecule has 1 aliphatic rings. The Hall–Kier alpha value is -1.75. The first-order valence-electron chi connectivity index (χ1n) is 6.42. The first kappa shape index (κ1) is 13.7. The Morgan fingerprint density at radius 1 is 1.37 bits per heavy atom. The van der Waals surface area contributed by atoms with Gasteiger partial charge in [0.15, 0.2) is 0 Å². The van der Waals surface area contributed by atoms with E-state index in [1.165, 1.54) is 0 Å². The summed E-state index contributed by atoms with van der Waals surface area (Å²) in [7, 11) is 3.29. The monoisotopic (exact) mass is 264 g/mol. The van der Waals surface area contributed by atoms with Crippen LogP contribution < -0.4 is 10.1 Å². The largest absolute Gasteiger partial charge is 0.497 e. The highest BCUT2D eigenvalue weighted by atomic mass is 16.5. The van der Waals surface area contributed by atoms with Gasteiger partial charge in [0.1, 0.15) is 5.75 Å². The van der Waals surface area contributed by atoms with Gasteiger partial charge in [-0.05, 0) is 23.8 Å². The van der Waals surface area contributed by atoms with Gasteiger partial charge < -0.3 is 19.7 Å². The van der Waals surface area contributed by atoms with E-state index >= 15 is 0 Å². The second kappa shape index (κ2) is 6.43. The van der Waals surface area contributed by atoms with E-state index in [9.17, 15) is 4.79 Å². The topological polar surface area (TPSA) is 50.8 Å². The van der Waals surface area contributed by atoms with Gasteiger partial charge in [0.2, 0.25) is 5.91 Å². The summed E-state index contributed by atoms with van der Waals surface area (Å²) >= 11 is 0. The summed E-state index contributed by atoms with van der Waals surface area (Å²) in [5.41, 5.74) is 2.14. The maximum atomic E-state index is 12.0. The van der Waals surface area contributed by atoms with Crippen molar-refractivity contribution < 1.29 is 14.3 Å². The number of carbonyl (C=O) groups excluding carboxylic acids is 1. The zero-order valence-electron chi connectivity index (χ0n) is 11.4. The van der Waals surface area contributed by atoms with Crippen LogP contribution >= 0.6 is 0 Å². The Kier molecular flexibility index (Phi) is 4.63. The lowest BCUT2D eigenvalue weighted by Gasteiger charge is -2.27. The summed E-state index contributed by atoms with van der Waals surface area (Å²) in [6, 6.07) is 5.90. The van der Waals surface area contributed by atoms with E-state index in [-0.39, 0.29) is 5.91 Å². The number of nitrogens with one attached hydrogen (secondary N) is 1. The third kappa shape index (κ3) is 3.38. The van der Waals surface area contributed by atoms with Crippen LogP contribution in [0.15, 0.2) is 18.2 Å². The lowest BCUT2D eigenvalue weighted by atomic mass is 10.1. The standard InChI is InChI=1S/C14H20N2O3/c1-18-8-7-16-10-11-9-12(19-2)3-4-13(11)15-6-5-14(16)17/h3-4,9,15H,5-8,10H2,1-2H3. The average Bonchev–Trinajstić information content (AvgIpc) is 2.42. The quantitative estimate of drug-likeness (QED) is 0.895. The first-order chi connectivity index (χ1) is 9.24. The SMILES string of the molecule is COCCN1Cc2cc(OC)ccc2NCCC1=O. The third-order valence-corrected chi connectivity index (χ3v) is 3.25. The van der Waals surface area contributed by atoms with Crippen molar-refractivity contribution >= 4 is 11.6 Å². The number of methoxy groups -OCH3 is 2. The Bertz CT molecular complexity index is 448. The lowest BCUT2D eigenvalue weighted by Crippen LogP contribution is -2.36. The van der Waals surface area contributed by atoms with Crippen molar-refractivity contribution in [1.29, 1.82) is 0 Å². The zero-order valence-corrected chi connectivity index (χ0v) is 11.4. The summed E-state index contributed by atoms with van der Waals surface area (Å²) < 4.78 is 10.3. The normalized spacial score (nSPS) is 15.3. The van der Waals surface area contributed by atoms with Crippen molar-refractivity contribution in [1.82, 2.24) is 4.90 Å². The molecule has 5 nitrogen and oxygen atoms in total. The van der Waals surface area contributed by atoms with Gasteiger partial charge in [0, 0.05) is 38.9 Å². The fraction of sp³-hybridized carbons (Fsp3) is 0.500. The predicted molar refractivity (Wildman–Crippen MR) is 73.4 cm³/mol. The number of amides is 1. The van der Waals surface area contributed by atoms with Gasteiger partial charge >= 0.3 is 0 Å². The second-order valence-corrected chi connectivity index (χ2v) is 4.51. The van der Waals surface area contributed by atoms with Gasteiger partial charge in [-0.3, -0.25) is 4.79 Å². The molecule has 0 saturated carbocycles. The smallest absolute Gasteiger partial charge is 0.224 e. The number of nitrogens with zero attached hydrogens (tertiary/aromatic N) is 1. The summed E-state index contributed by atoms with van der Waals surface area (Å²) in [5.74, 6) is 0.957. The molecule has 1 amide bonds. The molecule has 19 heavy (non-hydrogen) atoms. The number of carbonyl (C=O) groups is 1. The van der Waals surface area contributed by atoms with Crippen LogP contribution in [0.2, 0.25) is 0 Å². The summed E-state index contributed by atoms with van der Waals surface area (Å²) in [4.78, 5) is 13.9. The molecule has 1 N–H and O–H groups in total. The molecule has 104 valence electrons. The van der Waals surface area contributed by atoms with E-state index < -0.39 is 0 Å². The van der Waals surface area contributed by atoms with Crippen molar-refractivity contribution in [3.8, 4) is 5.75 Å². The summed E-state index contributed by atoms with van der Waals surface area (Å²) in [6.07, 6.45) is 0.509. The highest BCUT2D eigenvalue weighted by Crippen LogP contribution is 2.25. The molecular weight excluding hydrogens is 244 g/mol. The fourth-order valence-electron chi connectivity index (χ4n) is 2.16. The van der Waals surface area contributed by atoms with Gasteiger partial charge in [-0.1, -0.05) is 0 Å². The fourth-order valence-corrected chi connectivity index (χ4v) is 2.16. The van der Waals surface area contributed by atoms with E-state index in [0.717, 1.165) is 17.0 Å². The highest BCUT2D eigenvalue weighted by Gasteiger charge is 2.18. The lowest BCUT2D eigenvalue weighted by molar-refractivity contribution is -0.132. The maximum Gasteiger partial charge on any atom is 0.224 e. The van der Waals surface area contributed by atoms with Crippen LogP contribution in [-0.2, 0) is 16.1 Å².